The largest absolute Gasteiger partial charge is 0.488 e. The Kier molecular flexibility index (Phi) is 2.76. The first kappa shape index (κ1) is 9.83. The minimum Gasteiger partial charge on any atom is -0.423 e. The lowest BCUT2D eigenvalue weighted by Gasteiger charge is -2.02. The van der Waals surface area contributed by atoms with Gasteiger partial charge in [0.1, 0.15) is 0 Å². The van der Waals surface area contributed by atoms with Gasteiger partial charge in [0.25, 0.3) is 0 Å². The van der Waals surface area contributed by atoms with E-state index in [1.54, 1.807) is 36.7 Å². The van der Waals surface area contributed by atoms with Gasteiger partial charge in [0.05, 0.1) is 0 Å². The molecule has 2 rings (SSSR count). The number of rotatable bonds is 2. The summed E-state index contributed by atoms with van der Waals surface area (Å²) < 4.78 is 0. The summed E-state index contributed by atoms with van der Waals surface area (Å²) in [6.07, 6.45) is 3.29. The van der Waals surface area contributed by atoms with Crippen LogP contribution < -0.4 is 5.46 Å². The highest BCUT2D eigenvalue weighted by molar-refractivity contribution is 6.58. The topological polar surface area (TPSA) is 66.2 Å². The molecule has 0 aliphatic heterocycles. The van der Waals surface area contributed by atoms with Crippen molar-refractivity contribution in [1.29, 1.82) is 0 Å². The summed E-state index contributed by atoms with van der Waals surface area (Å²) >= 11 is 0. The van der Waals surface area contributed by atoms with Crippen LogP contribution in [0.1, 0.15) is 0 Å². The van der Waals surface area contributed by atoms with Gasteiger partial charge in [-0.1, -0.05) is 24.3 Å². The molecule has 4 nitrogen and oxygen atoms in total. The summed E-state index contributed by atoms with van der Waals surface area (Å²) in [6, 6.07) is 8.58. The molecule has 0 saturated carbocycles. The van der Waals surface area contributed by atoms with Gasteiger partial charge in [-0.3, -0.25) is 0 Å². The van der Waals surface area contributed by atoms with Gasteiger partial charge in [0.15, 0.2) is 5.82 Å². The van der Waals surface area contributed by atoms with E-state index >= 15 is 0 Å². The van der Waals surface area contributed by atoms with Crippen molar-refractivity contribution in [3.8, 4) is 11.4 Å². The van der Waals surface area contributed by atoms with Crippen LogP contribution >= 0.6 is 0 Å². The number of benzene rings is 1. The maximum atomic E-state index is 9.01. The highest BCUT2D eigenvalue weighted by atomic mass is 16.4. The van der Waals surface area contributed by atoms with Gasteiger partial charge >= 0.3 is 7.12 Å². The minimum atomic E-state index is -1.46. The van der Waals surface area contributed by atoms with Crippen LogP contribution in [0.4, 0.5) is 0 Å². The third kappa shape index (κ3) is 2.20. The lowest BCUT2D eigenvalue weighted by atomic mass is 9.79. The first-order chi connectivity index (χ1) is 7.27. The Morgan fingerprint density at radius 1 is 1.00 bits per heavy atom. The molecule has 5 heteroatoms. The minimum absolute atomic E-state index is 0.431. The van der Waals surface area contributed by atoms with Gasteiger partial charge in [-0.25, -0.2) is 9.97 Å². The summed E-state index contributed by atoms with van der Waals surface area (Å²) in [4.78, 5) is 8.15. The fourth-order valence-electron chi connectivity index (χ4n) is 1.29. The first-order valence-electron chi connectivity index (χ1n) is 4.51. The van der Waals surface area contributed by atoms with Crippen molar-refractivity contribution >= 4 is 12.6 Å². The van der Waals surface area contributed by atoms with Crippen molar-refractivity contribution in [2.75, 3.05) is 0 Å². The second kappa shape index (κ2) is 4.21. The van der Waals surface area contributed by atoms with Crippen LogP contribution in [0.5, 0.6) is 0 Å². The Bertz CT molecular complexity index is 448. The van der Waals surface area contributed by atoms with Crippen molar-refractivity contribution in [3.63, 3.8) is 0 Å². The van der Waals surface area contributed by atoms with Crippen molar-refractivity contribution in [2.24, 2.45) is 0 Å². The molecule has 0 bridgehead atoms. The molecule has 0 aliphatic carbocycles. The smallest absolute Gasteiger partial charge is 0.423 e. The zero-order valence-corrected chi connectivity index (χ0v) is 7.91. The van der Waals surface area contributed by atoms with Crippen LogP contribution in [0.25, 0.3) is 11.4 Å². The van der Waals surface area contributed by atoms with Crippen LogP contribution in [0, 0.1) is 0 Å². The van der Waals surface area contributed by atoms with Crippen molar-refractivity contribution in [1.82, 2.24) is 9.97 Å². The highest BCUT2D eigenvalue weighted by Crippen LogP contribution is 2.11. The fraction of sp³-hybridized carbons (Fsp3) is 0. The molecule has 1 heterocycles. The number of aromatic nitrogens is 2. The highest BCUT2D eigenvalue weighted by Gasteiger charge is 2.11. The Labute approximate surface area is 87.4 Å². The fourth-order valence-corrected chi connectivity index (χ4v) is 1.29. The van der Waals surface area contributed by atoms with Crippen LogP contribution in [-0.2, 0) is 0 Å². The Balaban J connectivity index is 2.42. The number of hydrogen-bond donors (Lipinski definition) is 2. The molecule has 0 saturated heterocycles. The normalized spacial score (nSPS) is 10.0. The molecular weight excluding hydrogens is 191 g/mol. The number of hydrogen-bond acceptors (Lipinski definition) is 4. The Morgan fingerprint density at radius 3 is 2.40 bits per heavy atom. The van der Waals surface area contributed by atoms with E-state index in [9.17, 15) is 0 Å². The molecular formula is C10H9BN2O2. The molecule has 0 fully saturated rings. The maximum Gasteiger partial charge on any atom is 0.488 e. The molecule has 74 valence electrons. The summed E-state index contributed by atoms with van der Waals surface area (Å²) in [5.41, 5.74) is 1.20. The summed E-state index contributed by atoms with van der Waals surface area (Å²) in [6.45, 7) is 0. The first-order valence-corrected chi connectivity index (χ1v) is 4.51. The van der Waals surface area contributed by atoms with E-state index in [0.717, 1.165) is 5.56 Å². The van der Waals surface area contributed by atoms with E-state index in [4.69, 9.17) is 10.0 Å². The summed E-state index contributed by atoms with van der Waals surface area (Å²) in [5, 5.41) is 18.0. The van der Waals surface area contributed by atoms with Crippen LogP contribution in [0.2, 0.25) is 0 Å². The van der Waals surface area contributed by atoms with Gasteiger partial charge in [-0.2, -0.15) is 0 Å². The monoisotopic (exact) mass is 200 g/mol. The number of nitrogens with zero attached hydrogens (tertiary/aromatic N) is 2. The van der Waals surface area contributed by atoms with E-state index < -0.39 is 7.12 Å². The molecule has 2 N–H and O–H groups in total. The zero-order valence-electron chi connectivity index (χ0n) is 7.91. The molecule has 0 atom stereocenters. The lowest BCUT2D eigenvalue weighted by Crippen LogP contribution is -2.29. The van der Waals surface area contributed by atoms with Gasteiger partial charge < -0.3 is 10.0 Å². The molecule has 15 heavy (non-hydrogen) atoms. The van der Waals surface area contributed by atoms with Gasteiger partial charge in [-0.05, 0) is 11.5 Å². The van der Waals surface area contributed by atoms with Crippen molar-refractivity contribution in [2.45, 2.75) is 0 Å². The van der Waals surface area contributed by atoms with Gasteiger partial charge in [0.2, 0.25) is 0 Å². The second-order valence-electron chi connectivity index (χ2n) is 3.07. The molecule has 0 aliphatic rings. The SMILES string of the molecule is OB(O)c1cccc(-c2ncccn2)c1. The van der Waals surface area contributed by atoms with E-state index in [2.05, 4.69) is 9.97 Å². The molecule has 0 unspecified atom stereocenters. The van der Waals surface area contributed by atoms with E-state index in [-0.39, 0.29) is 0 Å². The van der Waals surface area contributed by atoms with Crippen LogP contribution in [-0.4, -0.2) is 27.1 Å². The Hall–Kier alpha value is -1.72. The lowest BCUT2D eigenvalue weighted by molar-refractivity contribution is 0.426. The average Bonchev–Trinajstić information content (AvgIpc) is 2.30. The third-order valence-corrected chi connectivity index (χ3v) is 2.01. The van der Waals surface area contributed by atoms with Crippen LogP contribution in [0.15, 0.2) is 42.7 Å². The summed E-state index contributed by atoms with van der Waals surface area (Å²) in [7, 11) is -1.46. The van der Waals surface area contributed by atoms with Crippen molar-refractivity contribution in [3.05, 3.63) is 42.7 Å². The quantitative estimate of drug-likeness (QED) is 0.660. The predicted octanol–water partition coefficient (Wildman–Crippen LogP) is -0.177. The molecule has 1 aromatic heterocycles. The molecule has 1 aromatic carbocycles. The van der Waals surface area contributed by atoms with E-state index in [1.165, 1.54) is 0 Å². The Morgan fingerprint density at radius 2 is 1.73 bits per heavy atom. The van der Waals surface area contributed by atoms with Gasteiger partial charge in [0, 0.05) is 18.0 Å². The van der Waals surface area contributed by atoms with Gasteiger partial charge in [-0.15, -0.1) is 0 Å². The summed E-state index contributed by atoms with van der Waals surface area (Å²) in [5.74, 6) is 0.569. The molecule has 0 radical (unpaired) electrons. The maximum absolute atomic E-state index is 9.01. The van der Waals surface area contributed by atoms with Crippen molar-refractivity contribution < 1.29 is 10.0 Å². The molecule has 0 spiro atoms. The molecule has 0 amide bonds. The average molecular weight is 200 g/mol. The van der Waals surface area contributed by atoms with E-state index in [0.29, 0.717) is 11.3 Å². The second-order valence-corrected chi connectivity index (χ2v) is 3.07. The third-order valence-electron chi connectivity index (χ3n) is 2.01. The molecule has 2 aromatic rings. The standard InChI is InChI=1S/C10H9BN2O2/c14-11(15)9-4-1-3-8(7-9)10-12-5-2-6-13-10/h1-7,14-15H. The zero-order chi connectivity index (χ0) is 10.7. The predicted molar refractivity (Wildman–Crippen MR) is 57.3 cm³/mol. The van der Waals surface area contributed by atoms with E-state index in [1.807, 2.05) is 6.07 Å². The van der Waals surface area contributed by atoms with Crippen LogP contribution in [0.3, 0.4) is 0 Å².